The molecule has 1 spiro atoms. The van der Waals surface area contributed by atoms with E-state index < -0.39 is 0 Å². The van der Waals surface area contributed by atoms with Crippen LogP contribution < -0.4 is 4.90 Å². The van der Waals surface area contributed by atoms with Crippen LogP contribution in [0, 0.1) is 12.3 Å². The van der Waals surface area contributed by atoms with Crippen LogP contribution in [0.3, 0.4) is 0 Å². The lowest BCUT2D eigenvalue weighted by Crippen LogP contribution is -2.54. The summed E-state index contributed by atoms with van der Waals surface area (Å²) in [4.78, 5) is 9.30. The van der Waals surface area contributed by atoms with Gasteiger partial charge in [-0.15, -0.1) is 0 Å². The van der Waals surface area contributed by atoms with Crippen LogP contribution in [-0.4, -0.2) is 57.1 Å². The Labute approximate surface area is 165 Å². The fourth-order valence-electron chi connectivity index (χ4n) is 4.68. The molecule has 2 aromatic rings. The highest BCUT2D eigenvalue weighted by molar-refractivity contribution is 6.30. The number of halogens is 1. The molecule has 0 bridgehead atoms. The SMILES string of the molecule is Cc1nc(N2CC(O)CC3(CCN(Cc4ccc(Cl)cc4)CC3)C2)n(C)n1. The van der Waals surface area contributed by atoms with Crippen molar-refractivity contribution >= 4 is 17.5 Å². The second kappa shape index (κ2) is 7.41. The standard InChI is InChI=1S/C20H28ClN5O/c1-15-22-19(24(2)23-15)26-13-18(27)11-20(14-26)7-9-25(10-8-20)12-16-3-5-17(21)6-4-16/h3-6,18,27H,7-14H2,1-2H3. The number of benzene rings is 1. The molecule has 3 heterocycles. The molecule has 1 aromatic heterocycles. The van der Waals surface area contributed by atoms with Gasteiger partial charge in [0.15, 0.2) is 0 Å². The van der Waals surface area contributed by atoms with E-state index in [4.69, 9.17) is 11.6 Å². The molecule has 1 atom stereocenters. The van der Waals surface area contributed by atoms with Crippen LogP contribution >= 0.6 is 11.6 Å². The van der Waals surface area contributed by atoms with Gasteiger partial charge >= 0.3 is 0 Å². The summed E-state index contributed by atoms with van der Waals surface area (Å²) in [6.07, 6.45) is 2.78. The molecule has 6 nitrogen and oxygen atoms in total. The first kappa shape index (κ1) is 18.7. The number of aliphatic hydroxyl groups is 1. The van der Waals surface area contributed by atoms with Crippen LogP contribution in [-0.2, 0) is 13.6 Å². The predicted molar refractivity (Wildman–Crippen MR) is 107 cm³/mol. The van der Waals surface area contributed by atoms with Gasteiger partial charge in [0.05, 0.1) is 6.10 Å². The lowest BCUT2D eigenvalue weighted by atomic mass is 9.71. The van der Waals surface area contributed by atoms with Gasteiger partial charge in [-0.1, -0.05) is 23.7 Å². The van der Waals surface area contributed by atoms with E-state index in [1.54, 1.807) is 0 Å². The molecule has 2 aliphatic rings. The van der Waals surface area contributed by atoms with Gasteiger partial charge in [-0.05, 0) is 62.4 Å². The number of nitrogens with zero attached hydrogens (tertiary/aromatic N) is 5. The van der Waals surface area contributed by atoms with Crippen LogP contribution in [0.4, 0.5) is 5.95 Å². The zero-order chi connectivity index (χ0) is 19.0. The third kappa shape index (κ3) is 4.13. The smallest absolute Gasteiger partial charge is 0.223 e. The Hall–Kier alpha value is -1.63. The van der Waals surface area contributed by atoms with E-state index >= 15 is 0 Å². The molecule has 4 rings (SSSR count). The summed E-state index contributed by atoms with van der Waals surface area (Å²) in [5.74, 6) is 1.65. The van der Waals surface area contributed by atoms with Crippen LogP contribution in [0.25, 0.3) is 0 Å². The van der Waals surface area contributed by atoms with Gasteiger partial charge in [0.1, 0.15) is 5.82 Å². The molecular weight excluding hydrogens is 362 g/mol. The van der Waals surface area contributed by atoms with Gasteiger partial charge in [0.25, 0.3) is 0 Å². The summed E-state index contributed by atoms with van der Waals surface area (Å²) in [6.45, 7) is 6.58. The average molecular weight is 390 g/mol. The Kier molecular flexibility index (Phi) is 5.14. The summed E-state index contributed by atoms with van der Waals surface area (Å²) in [7, 11) is 1.93. The number of rotatable bonds is 3. The third-order valence-corrected chi connectivity index (χ3v) is 6.24. The molecule has 1 aromatic carbocycles. The number of likely N-dealkylation sites (tertiary alicyclic amines) is 1. The Morgan fingerprint density at radius 1 is 1.22 bits per heavy atom. The van der Waals surface area contributed by atoms with E-state index in [0.717, 1.165) is 62.2 Å². The van der Waals surface area contributed by atoms with E-state index in [2.05, 4.69) is 32.0 Å². The minimum absolute atomic E-state index is 0.161. The van der Waals surface area contributed by atoms with E-state index in [1.165, 1.54) is 5.56 Å². The highest BCUT2D eigenvalue weighted by Crippen LogP contribution is 2.41. The van der Waals surface area contributed by atoms with Crippen LogP contribution in [0.5, 0.6) is 0 Å². The maximum absolute atomic E-state index is 10.6. The fraction of sp³-hybridized carbons (Fsp3) is 0.600. The molecule has 2 fully saturated rings. The van der Waals surface area contributed by atoms with E-state index in [1.807, 2.05) is 30.8 Å². The number of hydrogen-bond donors (Lipinski definition) is 1. The average Bonchev–Trinajstić information content (AvgIpc) is 2.97. The molecule has 7 heteroatoms. The van der Waals surface area contributed by atoms with Crippen molar-refractivity contribution in [2.75, 3.05) is 31.1 Å². The fourth-order valence-corrected chi connectivity index (χ4v) is 4.80. The van der Waals surface area contributed by atoms with Gasteiger partial charge < -0.3 is 10.0 Å². The number of β-amino-alcohol motifs (C(OH)–C–C–N with tert-alkyl or cyclic N) is 1. The minimum atomic E-state index is -0.307. The summed E-state index contributed by atoms with van der Waals surface area (Å²) in [5, 5.41) is 15.7. The Bertz CT molecular complexity index is 782. The molecule has 1 N–H and O–H groups in total. The highest BCUT2D eigenvalue weighted by atomic mass is 35.5. The minimum Gasteiger partial charge on any atom is -0.391 e. The second-order valence-electron chi connectivity index (χ2n) is 8.22. The quantitative estimate of drug-likeness (QED) is 0.874. The Balaban J connectivity index is 1.41. The first-order valence-corrected chi connectivity index (χ1v) is 10.1. The highest BCUT2D eigenvalue weighted by Gasteiger charge is 2.42. The van der Waals surface area contributed by atoms with Crippen molar-refractivity contribution in [1.29, 1.82) is 0 Å². The van der Waals surface area contributed by atoms with E-state index in [0.29, 0.717) is 6.54 Å². The number of hydrogen-bond acceptors (Lipinski definition) is 5. The maximum atomic E-state index is 10.6. The summed E-state index contributed by atoms with van der Waals surface area (Å²) in [6, 6.07) is 8.13. The first-order valence-electron chi connectivity index (χ1n) is 9.70. The second-order valence-corrected chi connectivity index (χ2v) is 8.66. The summed E-state index contributed by atoms with van der Waals surface area (Å²) in [5.41, 5.74) is 1.46. The Morgan fingerprint density at radius 2 is 1.93 bits per heavy atom. The van der Waals surface area contributed by atoms with Gasteiger partial charge in [-0.2, -0.15) is 10.1 Å². The van der Waals surface area contributed by atoms with Crippen LogP contribution in [0.1, 0.15) is 30.7 Å². The molecule has 146 valence electrons. The first-order chi connectivity index (χ1) is 12.9. The zero-order valence-corrected chi connectivity index (χ0v) is 16.9. The molecule has 0 amide bonds. The molecule has 1 unspecified atom stereocenters. The molecule has 0 saturated carbocycles. The number of aliphatic hydroxyl groups excluding tert-OH is 1. The lowest BCUT2D eigenvalue weighted by Gasteiger charge is -2.49. The van der Waals surface area contributed by atoms with Gasteiger partial charge in [-0.3, -0.25) is 4.90 Å². The largest absolute Gasteiger partial charge is 0.391 e. The lowest BCUT2D eigenvalue weighted by molar-refractivity contribution is 0.0239. The molecule has 0 aliphatic carbocycles. The number of anilines is 1. The van der Waals surface area contributed by atoms with E-state index in [-0.39, 0.29) is 11.5 Å². The molecule has 0 radical (unpaired) electrons. The van der Waals surface area contributed by atoms with Crippen molar-refractivity contribution in [2.45, 2.75) is 38.8 Å². The van der Waals surface area contributed by atoms with Gasteiger partial charge in [0.2, 0.25) is 5.95 Å². The Morgan fingerprint density at radius 3 is 2.56 bits per heavy atom. The van der Waals surface area contributed by atoms with Crippen LogP contribution in [0.2, 0.25) is 5.02 Å². The van der Waals surface area contributed by atoms with E-state index in [9.17, 15) is 5.11 Å². The van der Waals surface area contributed by atoms with Gasteiger partial charge in [-0.25, -0.2) is 4.68 Å². The molecule has 2 aliphatic heterocycles. The number of aryl methyl sites for hydroxylation is 2. The van der Waals surface area contributed by atoms with Crippen molar-refractivity contribution in [3.63, 3.8) is 0 Å². The predicted octanol–water partition coefficient (Wildman–Crippen LogP) is 2.63. The maximum Gasteiger partial charge on any atom is 0.223 e. The monoisotopic (exact) mass is 389 g/mol. The summed E-state index contributed by atoms with van der Waals surface area (Å²) < 4.78 is 1.83. The van der Waals surface area contributed by atoms with Gasteiger partial charge in [0, 0.05) is 31.7 Å². The van der Waals surface area contributed by atoms with Crippen LogP contribution in [0.15, 0.2) is 24.3 Å². The number of aromatic nitrogens is 3. The topological polar surface area (TPSA) is 57.4 Å². The molecule has 2 saturated heterocycles. The molecule has 27 heavy (non-hydrogen) atoms. The normalized spacial score (nSPS) is 23.1. The van der Waals surface area contributed by atoms with Crippen molar-refractivity contribution < 1.29 is 5.11 Å². The summed E-state index contributed by atoms with van der Waals surface area (Å²) >= 11 is 5.99. The van der Waals surface area contributed by atoms with Crippen molar-refractivity contribution in [3.8, 4) is 0 Å². The van der Waals surface area contributed by atoms with Crippen molar-refractivity contribution in [3.05, 3.63) is 40.7 Å². The molecular formula is C20H28ClN5O. The van der Waals surface area contributed by atoms with Crippen molar-refractivity contribution in [1.82, 2.24) is 19.7 Å². The third-order valence-electron chi connectivity index (χ3n) is 5.99. The number of piperidine rings is 2. The zero-order valence-electron chi connectivity index (χ0n) is 16.1. The van der Waals surface area contributed by atoms with Crippen molar-refractivity contribution in [2.24, 2.45) is 12.5 Å².